The van der Waals surface area contributed by atoms with Gasteiger partial charge in [-0.15, -0.1) is 5.10 Å². The minimum absolute atomic E-state index is 0.127. The first kappa shape index (κ1) is 29.4. The number of esters is 2. The molecule has 1 aromatic heterocycles. The summed E-state index contributed by atoms with van der Waals surface area (Å²) in [5.74, 6) is -1.39. The molecule has 1 aliphatic rings. The lowest BCUT2D eigenvalue weighted by Gasteiger charge is -2.30. The minimum atomic E-state index is -1.01. The van der Waals surface area contributed by atoms with E-state index in [2.05, 4.69) is 29.4 Å². The molecule has 1 atom stereocenters. The third-order valence-corrected chi connectivity index (χ3v) is 6.55. The van der Waals surface area contributed by atoms with Crippen LogP contribution in [0.4, 0.5) is 5.69 Å². The summed E-state index contributed by atoms with van der Waals surface area (Å²) in [6.07, 6.45) is 3.18. The van der Waals surface area contributed by atoms with Gasteiger partial charge in [0.2, 0.25) is 5.88 Å². The number of methoxy groups -OCH3 is 1. The van der Waals surface area contributed by atoms with E-state index in [0.717, 1.165) is 25.0 Å². The molecular weight excluding hydrogens is 504 g/mol. The van der Waals surface area contributed by atoms with E-state index in [1.807, 2.05) is 6.07 Å². The Kier molecular flexibility index (Phi) is 10.2. The Morgan fingerprint density at radius 2 is 1.67 bits per heavy atom. The predicted octanol–water partition coefficient (Wildman–Crippen LogP) is 5.03. The Bertz CT molecular complexity index is 1260. The number of hydrogen-bond acceptors (Lipinski definition) is 9. The third-order valence-electron chi connectivity index (χ3n) is 6.55. The zero-order chi connectivity index (χ0) is 28.5. The number of nitrogens with zero attached hydrogens (tertiary/aromatic N) is 2. The van der Waals surface area contributed by atoms with Gasteiger partial charge in [0.15, 0.2) is 0 Å². The van der Waals surface area contributed by atoms with Gasteiger partial charge in [-0.3, -0.25) is 15.2 Å². The minimum Gasteiger partial charge on any atom is -0.477 e. The number of benzene rings is 1. The number of carbonyl (C=O) groups excluding carboxylic acids is 2. The van der Waals surface area contributed by atoms with E-state index >= 15 is 0 Å². The van der Waals surface area contributed by atoms with Crippen LogP contribution in [0.5, 0.6) is 5.88 Å². The number of ether oxygens (including phenoxy) is 3. The summed E-state index contributed by atoms with van der Waals surface area (Å²) >= 11 is 0. The summed E-state index contributed by atoms with van der Waals surface area (Å²) in [7, 11) is 1.23. The van der Waals surface area contributed by atoms with E-state index < -0.39 is 22.8 Å². The van der Waals surface area contributed by atoms with Gasteiger partial charge in [-0.05, 0) is 45.4 Å². The van der Waals surface area contributed by atoms with Gasteiger partial charge in [0, 0.05) is 34.8 Å². The van der Waals surface area contributed by atoms with E-state index in [9.17, 15) is 19.7 Å². The monoisotopic (exact) mass is 540 g/mol. The summed E-state index contributed by atoms with van der Waals surface area (Å²) < 4.78 is 16.2. The van der Waals surface area contributed by atoms with Crippen molar-refractivity contribution in [1.82, 2.24) is 15.5 Å². The highest BCUT2D eigenvalue weighted by Gasteiger charge is 2.40. The first-order chi connectivity index (χ1) is 18.6. The highest BCUT2D eigenvalue weighted by molar-refractivity contribution is 6.00. The molecule has 0 saturated heterocycles. The number of nitro benzene ring substituents is 1. The average Bonchev–Trinajstić information content (AvgIpc) is 3.38. The molecule has 2 aromatic rings. The Morgan fingerprint density at radius 1 is 1.03 bits per heavy atom. The second-order valence-corrected chi connectivity index (χ2v) is 9.66. The van der Waals surface area contributed by atoms with E-state index in [4.69, 9.17) is 14.2 Å². The van der Waals surface area contributed by atoms with Crippen LogP contribution < -0.4 is 10.1 Å². The third kappa shape index (κ3) is 7.24. The topological polar surface area (TPSA) is 146 Å². The molecule has 3 rings (SSSR count). The molecule has 0 aliphatic carbocycles. The number of rotatable bonds is 13. The number of hydrogen-bond donors (Lipinski definition) is 2. The van der Waals surface area contributed by atoms with E-state index in [1.165, 1.54) is 19.2 Å². The van der Waals surface area contributed by atoms with E-state index in [-0.39, 0.29) is 29.0 Å². The van der Waals surface area contributed by atoms with Crippen LogP contribution >= 0.6 is 0 Å². The number of aromatic nitrogens is 2. The van der Waals surface area contributed by atoms with Gasteiger partial charge in [0.25, 0.3) is 5.69 Å². The number of H-pyrrole nitrogens is 1. The van der Waals surface area contributed by atoms with Crippen molar-refractivity contribution >= 4 is 17.6 Å². The summed E-state index contributed by atoms with van der Waals surface area (Å²) in [4.78, 5) is 37.3. The first-order valence-electron chi connectivity index (χ1n) is 13.0. The van der Waals surface area contributed by atoms with Crippen molar-refractivity contribution in [3.05, 3.63) is 74.2 Å². The number of unbranched alkanes of at least 4 members (excludes halogenated alkanes) is 3. The van der Waals surface area contributed by atoms with Gasteiger partial charge in [-0.2, -0.15) is 0 Å². The highest BCUT2D eigenvalue weighted by Crippen LogP contribution is 2.42. The van der Waals surface area contributed by atoms with Gasteiger partial charge in [-0.25, -0.2) is 9.59 Å². The molecule has 0 radical (unpaired) electrons. The Labute approximate surface area is 227 Å². The molecule has 2 N–H and O–H groups in total. The molecule has 210 valence electrons. The second-order valence-electron chi connectivity index (χ2n) is 9.66. The number of nitro groups is 1. The van der Waals surface area contributed by atoms with Crippen molar-refractivity contribution in [2.24, 2.45) is 0 Å². The number of para-hydroxylation sites is 1. The molecule has 0 bridgehead atoms. The molecule has 39 heavy (non-hydrogen) atoms. The zero-order valence-electron chi connectivity index (χ0n) is 23.0. The van der Waals surface area contributed by atoms with Gasteiger partial charge in [0.1, 0.15) is 0 Å². The van der Waals surface area contributed by atoms with Crippen molar-refractivity contribution in [2.75, 3.05) is 20.3 Å². The summed E-state index contributed by atoms with van der Waals surface area (Å²) in [5.41, 5.74) is 2.23. The number of dihydropyridines is 1. The fraction of sp³-hybridized carbons (Fsp3) is 0.464. The fourth-order valence-corrected chi connectivity index (χ4v) is 4.52. The van der Waals surface area contributed by atoms with Gasteiger partial charge in [0.05, 0.1) is 42.3 Å². The van der Waals surface area contributed by atoms with E-state index in [0.29, 0.717) is 36.2 Å². The van der Waals surface area contributed by atoms with E-state index in [1.54, 1.807) is 26.0 Å². The molecule has 0 saturated carbocycles. The van der Waals surface area contributed by atoms with Crippen molar-refractivity contribution in [3.8, 4) is 5.88 Å². The van der Waals surface area contributed by atoms with Crippen LogP contribution in [-0.2, 0) is 19.1 Å². The number of carbonyl (C=O) groups is 2. The zero-order valence-corrected chi connectivity index (χ0v) is 23.0. The molecule has 1 unspecified atom stereocenters. The Balaban J connectivity index is 1.61. The standard InChI is InChI=1S/C28H36N4O7/c1-17(2)21-16-23(31-30-21)38-14-10-6-7-11-15-39-28(34)25-19(4)29-18(3)24(27(33)37-5)26(25)20-12-8-9-13-22(20)32(35)36/h8-9,12-13,16-17,26,29H,6-7,10-11,14-15H2,1-5H3,(H,30,31). The molecule has 2 heterocycles. The van der Waals surface area contributed by atoms with Crippen LogP contribution in [0, 0.1) is 10.1 Å². The maximum Gasteiger partial charge on any atom is 0.336 e. The molecule has 0 fully saturated rings. The number of allylic oxidation sites excluding steroid dienone is 2. The maximum atomic E-state index is 13.3. The average molecular weight is 541 g/mol. The summed E-state index contributed by atoms with van der Waals surface area (Å²) in [5, 5.41) is 21.9. The largest absolute Gasteiger partial charge is 0.477 e. The Hall–Kier alpha value is -4.15. The fourth-order valence-electron chi connectivity index (χ4n) is 4.52. The molecular formula is C28H36N4O7. The van der Waals surface area contributed by atoms with Crippen molar-refractivity contribution in [1.29, 1.82) is 0 Å². The van der Waals surface area contributed by atoms with Gasteiger partial charge >= 0.3 is 11.9 Å². The second kappa shape index (κ2) is 13.6. The lowest BCUT2D eigenvalue weighted by atomic mass is 9.79. The quantitative estimate of drug-likeness (QED) is 0.154. The molecule has 11 nitrogen and oxygen atoms in total. The Morgan fingerprint density at radius 3 is 2.28 bits per heavy atom. The number of nitrogens with one attached hydrogen (secondary N) is 2. The molecule has 1 aliphatic heterocycles. The molecule has 1 aromatic carbocycles. The van der Waals surface area contributed by atoms with Crippen LogP contribution in [0.15, 0.2) is 52.9 Å². The molecule has 0 amide bonds. The molecule has 11 heteroatoms. The van der Waals surface area contributed by atoms with Crippen LogP contribution in [0.25, 0.3) is 0 Å². The van der Waals surface area contributed by atoms with Crippen LogP contribution in [-0.4, -0.2) is 47.4 Å². The van der Waals surface area contributed by atoms with Gasteiger partial charge < -0.3 is 19.5 Å². The maximum absolute atomic E-state index is 13.3. The van der Waals surface area contributed by atoms with Crippen LogP contribution in [0.1, 0.15) is 76.5 Å². The first-order valence-corrected chi connectivity index (χ1v) is 13.0. The normalized spacial score (nSPS) is 15.3. The lowest BCUT2D eigenvalue weighted by molar-refractivity contribution is -0.385. The van der Waals surface area contributed by atoms with Gasteiger partial charge in [-0.1, -0.05) is 32.0 Å². The summed E-state index contributed by atoms with van der Waals surface area (Å²) in [6, 6.07) is 7.96. The SMILES string of the molecule is COC(=O)C1=C(C)NC(C)=C(C(=O)OCCCCCCOc2cc(C(C)C)[nH]n2)C1c1ccccc1[N+](=O)[O-]. The predicted molar refractivity (Wildman–Crippen MR) is 144 cm³/mol. The van der Waals surface area contributed by atoms with Crippen molar-refractivity contribution in [2.45, 2.75) is 65.2 Å². The summed E-state index contributed by atoms with van der Waals surface area (Å²) in [6.45, 7) is 8.22. The smallest absolute Gasteiger partial charge is 0.336 e. The lowest BCUT2D eigenvalue weighted by Crippen LogP contribution is -2.32. The van der Waals surface area contributed by atoms with Crippen molar-refractivity contribution < 1.29 is 28.7 Å². The highest BCUT2D eigenvalue weighted by atomic mass is 16.6. The molecule has 0 spiro atoms. The number of aromatic amines is 1. The van der Waals surface area contributed by atoms with Crippen LogP contribution in [0.3, 0.4) is 0 Å². The van der Waals surface area contributed by atoms with Crippen LogP contribution in [0.2, 0.25) is 0 Å². The van der Waals surface area contributed by atoms with Crippen molar-refractivity contribution in [3.63, 3.8) is 0 Å².